The molecular weight excluding hydrogens is 816 g/mol. The van der Waals surface area contributed by atoms with Crippen molar-refractivity contribution in [1.29, 1.82) is 0 Å². The Kier molecular flexibility index (Phi) is 5.93. The van der Waals surface area contributed by atoms with Gasteiger partial charge in [0.1, 0.15) is 11.3 Å². The molecule has 4 aromatic carbocycles. The largest absolute Gasteiger partial charge is 0.324 e. The highest BCUT2D eigenvalue weighted by molar-refractivity contribution is 9.14. The van der Waals surface area contributed by atoms with E-state index in [1.165, 1.54) is 0 Å². The molecule has 0 spiro atoms. The first-order chi connectivity index (χ1) is 21.5. The monoisotopic (exact) mass is 826 g/mol. The maximum atomic E-state index is 5.11. The van der Waals surface area contributed by atoms with Gasteiger partial charge in [0.05, 0.1) is 16.1 Å². The average Bonchev–Trinajstić information content (AvgIpc) is 3.74. The van der Waals surface area contributed by atoms with Crippen molar-refractivity contribution in [3.63, 3.8) is 0 Å². The SMILES string of the molecule is Brc1cc2c3nc4nc(nc5c6ccccc6c(nc6nc(nc([nH]3)c2c(Br)c1Br)-c1ccccc1-6)n5Br)-c1ccccc1-4. The Balaban J connectivity index is 1.55. The van der Waals surface area contributed by atoms with Gasteiger partial charge in [0.2, 0.25) is 0 Å². The van der Waals surface area contributed by atoms with Gasteiger partial charge in [-0.05, 0) is 53.9 Å². The van der Waals surface area contributed by atoms with E-state index in [1.807, 2.05) is 82.5 Å². The lowest BCUT2D eigenvalue weighted by molar-refractivity contribution is 1.18. The molecule has 0 fully saturated rings. The molecule has 0 saturated carbocycles. The van der Waals surface area contributed by atoms with Crippen LogP contribution in [-0.4, -0.2) is 38.5 Å². The molecule has 12 heteroatoms. The second-order valence-electron chi connectivity index (χ2n) is 10.3. The summed E-state index contributed by atoms with van der Waals surface area (Å²) in [5.41, 5.74) is 6.14. The van der Waals surface area contributed by atoms with E-state index in [0.29, 0.717) is 45.9 Å². The first-order valence-corrected chi connectivity index (χ1v) is 16.5. The summed E-state index contributed by atoms with van der Waals surface area (Å²) >= 11 is 15.0. The lowest BCUT2D eigenvalue weighted by Crippen LogP contribution is -1.87. The second kappa shape index (κ2) is 9.83. The summed E-state index contributed by atoms with van der Waals surface area (Å²) in [6.45, 7) is 0. The van der Waals surface area contributed by atoms with Crippen LogP contribution in [0.2, 0.25) is 0 Å². The van der Waals surface area contributed by atoms with E-state index in [0.717, 1.165) is 57.2 Å². The van der Waals surface area contributed by atoms with Crippen LogP contribution >= 0.6 is 63.9 Å². The Hall–Kier alpha value is -3.84. The van der Waals surface area contributed by atoms with Crippen LogP contribution in [0.25, 0.3) is 89.7 Å². The van der Waals surface area contributed by atoms with Gasteiger partial charge in [-0.15, -0.1) is 0 Å². The van der Waals surface area contributed by atoms with E-state index in [2.05, 4.69) is 68.9 Å². The summed E-state index contributed by atoms with van der Waals surface area (Å²) in [5, 5.41) is 3.58. The number of halogens is 4. The van der Waals surface area contributed by atoms with Gasteiger partial charge in [-0.25, -0.2) is 33.5 Å². The summed E-state index contributed by atoms with van der Waals surface area (Å²) in [4.78, 5) is 33.8. The highest BCUT2D eigenvalue weighted by atomic mass is 79.9. The van der Waals surface area contributed by atoms with Crippen LogP contribution in [0.3, 0.4) is 0 Å². The molecule has 1 N–H and O–H groups in total. The number of H-pyrrole nitrogens is 1. The normalized spacial score (nSPS) is 12.1. The number of nitrogens with zero attached hydrogens (tertiary/aromatic N) is 7. The van der Waals surface area contributed by atoms with Gasteiger partial charge in [-0.1, -0.05) is 72.8 Å². The molecule has 0 aliphatic carbocycles. The molecule has 0 atom stereocenters. The molecule has 0 amide bonds. The van der Waals surface area contributed by atoms with Gasteiger partial charge in [-0.3, -0.25) is 0 Å². The molecule has 9 rings (SSSR count). The van der Waals surface area contributed by atoms with Gasteiger partial charge < -0.3 is 4.98 Å². The number of hydrogen-bond donors (Lipinski definition) is 1. The molecule has 3 aromatic heterocycles. The van der Waals surface area contributed by atoms with Crippen molar-refractivity contribution in [2.24, 2.45) is 0 Å². The number of fused-ring (bicyclic) bond motifs is 20. The Bertz CT molecular complexity index is 2570. The molecule has 2 aliphatic heterocycles. The summed E-state index contributed by atoms with van der Waals surface area (Å²) in [7, 11) is 0. The molecule has 44 heavy (non-hydrogen) atoms. The standard InChI is InChI=1S/C32H14Br4N8/c33-21-13-20-22(24(35)23(21)34)30-40-26-15-8-2-4-10-17(15)28(38-26)43-32-19-12-6-5-11-18(19)31(44(32)36)42-27-16-9-3-1-7-14(16)25(37-27)39-29(20)41-30/h1-13H,(H,37,38,39,40,41,42,43). The zero-order valence-corrected chi connectivity index (χ0v) is 28.5. The predicted molar refractivity (Wildman–Crippen MR) is 187 cm³/mol. The van der Waals surface area contributed by atoms with E-state index >= 15 is 0 Å². The average molecular weight is 830 g/mol. The lowest BCUT2D eigenvalue weighted by atomic mass is 10.1. The van der Waals surface area contributed by atoms with E-state index in [1.54, 1.807) is 0 Å². The van der Waals surface area contributed by atoms with E-state index in [-0.39, 0.29) is 0 Å². The van der Waals surface area contributed by atoms with Crippen molar-refractivity contribution in [3.8, 4) is 45.6 Å². The van der Waals surface area contributed by atoms with Crippen molar-refractivity contribution >= 4 is 108 Å². The van der Waals surface area contributed by atoms with Crippen molar-refractivity contribution < 1.29 is 0 Å². The number of nitrogens with one attached hydrogen (secondary N) is 1. The van der Waals surface area contributed by atoms with Gasteiger partial charge in [0, 0.05) is 57.2 Å². The number of aromatic nitrogens is 8. The van der Waals surface area contributed by atoms with Gasteiger partial charge in [0.25, 0.3) is 0 Å². The smallest absolute Gasteiger partial charge is 0.164 e. The summed E-state index contributed by atoms with van der Waals surface area (Å²) in [6.07, 6.45) is 0. The minimum absolute atomic E-state index is 0.549. The lowest BCUT2D eigenvalue weighted by Gasteiger charge is -2.02. The van der Waals surface area contributed by atoms with Crippen LogP contribution in [0.15, 0.2) is 92.3 Å². The van der Waals surface area contributed by atoms with Crippen molar-refractivity contribution in [3.05, 3.63) is 92.3 Å². The molecule has 8 nitrogen and oxygen atoms in total. The Morgan fingerprint density at radius 2 is 0.955 bits per heavy atom. The Morgan fingerprint density at radius 3 is 1.48 bits per heavy atom. The predicted octanol–water partition coefficient (Wildman–Crippen LogP) is 9.79. The molecule has 210 valence electrons. The van der Waals surface area contributed by atoms with Crippen LogP contribution in [0.5, 0.6) is 0 Å². The second-order valence-corrected chi connectivity index (χ2v) is 13.4. The Morgan fingerprint density at radius 1 is 0.500 bits per heavy atom. The number of aromatic amines is 1. The van der Waals surface area contributed by atoms with E-state index in [4.69, 9.17) is 29.9 Å². The van der Waals surface area contributed by atoms with E-state index < -0.39 is 0 Å². The fraction of sp³-hybridized carbons (Fsp3) is 0. The highest BCUT2D eigenvalue weighted by Crippen LogP contribution is 2.42. The van der Waals surface area contributed by atoms with Gasteiger partial charge >= 0.3 is 0 Å². The highest BCUT2D eigenvalue weighted by Gasteiger charge is 2.23. The molecule has 8 bridgehead atoms. The van der Waals surface area contributed by atoms with Crippen LogP contribution in [0.4, 0.5) is 0 Å². The zero-order valence-electron chi connectivity index (χ0n) is 22.1. The fourth-order valence-corrected chi connectivity index (χ4v) is 7.92. The molecule has 7 aromatic rings. The molecule has 0 saturated heterocycles. The van der Waals surface area contributed by atoms with Crippen LogP contribution < -0.4 is 0 Å². The molecule has 0 radical (unpaired) electrons. The third-order valence-corrected chi connectivity index (χ3v) is 11.8. The fourth-order valence-electron chi connectivity index (χ4n) is 5.76. The van der Waals surface area contributed by atoms with Crippen molar-refractivity contribution in [2.75, 3.05) is 0 Å². The van der Waals surface area contributed by atoms with Gasteiger partial charge in [0.15, 0.2) is 34.6 Å². The summed E-state index contributed by atoms with van der Waals surface area (Å²) < 4.78 is 4.40. The first kappa shape index (κ1) is 26.6. The van der Waals surface area contributed by atoms with Crippen LogP contribution in [-0.2, 0) is 0 Å². The van der Waals surface area contributed by atoms with Gasteiger partial charge in [-0.2, -0.15) is 0 Å². The molecule has 5 heterocycles. The molecule has 2 aliphatic rings. The third-order valence-electron chi connectivity index (χ3n) is 7.77. The van der Waals surface area contributed by atoms with Crippen LogP contribution in [0, 0.1) is 0 Å². The Labute approximate surface area is 282 Å². The van der Waals surface area contributed by atoms with Crippen LogP contribution in [0.1, 0.15) is 0 Å². The zero-order chi connectivity index (χ0) is 29.7. The summed E-state index contributed by atoms with van der Waals surface area (Å²) in [5.74, 6) is 2.22. The number of benzene rings is 4. The minimum Gasteiger partial charge on any atom is -0.324 e. The number of hydrogen-bond acceptors (Lipinski definition) is 6. The summed E-state index contributed by atoms with van der Waals surface area (Å²) in [6, 6.07) is 26.1. The third kappa shape index (κ3) is 3.84. The minimum atomic E-state index is 0.549. The molecular formula is C32H14Br4N8. The quantitative estimate of drug-likeness (QED) is 0.153. The van der Waals surface area contributed by atoms with E-state index in [9.17, 15) is 0 Å². The van der Waals surface area contributed by atoms with Crippen molar-refractivity contribution in [2.45, 2.75) is 0 Å². The van der Waals surface area contributed by atoms with Crippen molar-refractivity contribution in [1.82, 2.24) is 38.5 Å². The maximum absolute atomic E-state index is 5.11. The first-order valence-electron chi connectivity index (χ1n) is 13.4. The number of rotatable bonds is 0. The molecule has 0 unspecified atom stereocenters. The topological polar surface area (TPSA) is 98.1 Å². The maximum Gasteiger partial charge on any atom is 0.164 e.